The van der Waals surface area contributed by atoms with E-state index < -0.39 is 10.0 Å². The van der Waals surface area contributed by atoms with Gasteiger partial charge in [0, 0.05) is 45.4 Å². The molecule has 0 unspecified atom stereocenters. The Bertz CT molecular complexity index is 583. The van der Waals surface area contributed by atoms with Crippen LogP contribution in [0.3, 0.4) is 0 Å². The lowest BCUT2D eigenvalue weighted by molar-refractivity contribution is 0.179. The SMILES string of the molecule is CCNc1cc(S(=O)(=O)N(CCC#N)CCOC)ccn1. The summed E-state index contributed by atoms with van der Waals surface area (Å²) in [4.78, 5) is 4.21. The van der Waals surface area contributed by atoms with Crippen molar-refractivity contribution in [3.8, 4) is 6.07 Å². The summed E-state index contributed by atoms with van der Waals surface area (Å²) in [6.07, 6.45) is 1.58. The fraction of sp³-hybridized carbons (Fsp3) is 0.538. The average Bonchev–Trinajstić information content (AvgIpc) is 2.48. The molecule has 116 valence electrons. The van der Waals surface area contributed by atoms with Crippen molar-refractivity contribution >= 4 is 15.8 Å². The maximum absolute atomic E-state index is 12.6. The quantitative estimate of drug-likeness (QED) is 0.732. The van der Waals surface area contributed by atoms with Gasteiger partial charge in [0.1, 0.15) is 5.82 Å². The summed E-state index contributed by atoms with van der Waals surface area (Å²) < 4.78 is 31.4. The van der Waals surface area contributed by atoms with E-state index in [0.717, 1.165) is 0 Å². The minimum Gasteiger partial charge on any atom is -0.383 e. The number of anilines is 1. The van der Waals surface area contributed by atoms with E-state index in [4.69, 9.17) is 10.00 Å². The van der Waals surface area contributed by atoms with Gasteiger partial charge < -0.3 is 10.1 Å². The largest absolute Gasteiger partial charge is 0.383 e. The maximum atomic E-state index is 12.6. The minimum absolute atomic E-state index is 0.133. The van der Waals surface area contributed by atoms with Gasteiger partial charge in [-0.05, 0) is 13.0 Å². The van der Waals surface area contributed by atoms with Crippen molar-refractivity contribution in [3.63, 3.8) is 0 Å². The lowest BCUT2D eigenvalue weighted by Crippen LogP contribution is -2.34. The van der Waals surface area contributed by atoms with Gasteiger partial charge in [-0.15, -0.1) is 0 Å². The molecule has 0 aliphatic carbocycles. The highest BCUT2D eigenvalue weighted by molar-refractivity contribution is 7.89. The normalized spacial score (nSPS) is 11.3. The van der Waals surface area contributed by atoms with Crippen LogP contribution in [0.2, 0.25) is 0 Å². The number of ether oxygens (including phenoxy) is 1. The summed E-state index contributed by atoms with van der Waals surface area (Å²) in [5.41, 5.74) is 0. The van der Waals surface area contributed by atoms with Crippen LogP contribution in [-0.2, 0) is 14.8 Å². The number of aromatic nitrogens is 1. The third kappa shape index (κ3) is 4.97. The molecule has 1 aromatic rings. The molecular weight excluding hydrogens is 292 g/mol. The molecule has 21 heavy (non-hydrogen) atoms. The Hall–Kier alpha value is -1.69. The van der Waals surface area contributed by atoms with Crippen molar-refractivity contribution in [1.29, 1.82) is 5.26 Å². The fourth-order valence-corrected chi connectivity index (χ4v) is 3.16. The molecule has 0 atom stereocenters. The number of nitrogens with one attached hydrogen (secondary N) is 1. The van der Waals surface area contributed by atoms with Crippen LogP contribution in [0.5, 0.6) is 0 Å². The average molecular weight is 312 g/mol. The van der Waals surface area contributed by atoms with E-state index >= 15 is 0 Å². The van der Waals surface area contributed by atoms with Crippen LogP contribution in [0.4, 0.5) is 5.82 Å². The van der Waals surface area contributed by atoms with E-state index in [1.165, 1.54) is 29.7 Å². The van der Waals surface area contributed by atoms with E-state index in [9.17, 15) is 8.42 Å². The first-order chi connectivity index (χ1) is 10.1. The van der Waals surface area contributed by atoms with Crippen molar-refractivity contribution in [2.45, 2.75) is 18.2 Å². The number of pyridine rings is 1. The summed E-state index contributed by atoms with van der Waals surface area (Å²) in [5, 5.41) is 11.6. The Labute approximate surface area is 125 Å². The summed E-state index contributed by atoms with van der Waals surface area (Å²) in [7, 11) is -2.16. The van der Waals surface area contributed by atoms with Gasteiger partial charge in [0.2, 0.25) is 10.0 Å². The van der Waals surface area contributed by atoms with Crippen molar-refractivity contribution < 1.29 is 13.2 Å². The van der Waals surface area contributed by atoms with Crippen LogP contribution >= 0.6 is 0 Å². The van der Waals surface area contributed by atoms with Crippen molar-refractivity contribution in [3.05, 3.63) is 18.3 Å². The van der Waals surface area contributed by atoms with E-state index in [0.29, 0.717) is 12.4 Å². The highest BCUT2D eigenvalue weighted by Crippen LogP contribution is 2.18. The Morgan fingerprint density at radius 3 is 2.86 bits per heavy atom. The van der Waals surface area contributed by atoms with Gasteiger partial charge in [-0.2, -0.15) is 9.57 Å². The Kier molecular flexibility index (Phi) is 7.08. The first-order valence-electron chi connectivity index (χ1n) is 6.62. The predicted octanol–water partition coefficient (Wildman–Crippen LogP) is 1.06. The first kappa shape index (κ1) is 17.4. The van der Waals surface area contributed by atoms with Crippen molar-refractivity contribution in [2.24, 2.45) is 0 Å². The molecule has 8 heteroatoms. The zero-order valence-electron chi connectivity index (χ0n) is 12.2. The highest BCUT2D eigenvalue weighted by Gasteiger charge is 2.24. The lowest BCUT2D eigenvalue weighted by Gasteiger charge is -2.21. The third-order valence-electron chi connectivity index (χ3n) is 2.74. The standard InChI is InChI=1S/C13H20N4O3S/c1-3-15-13-11-12(5-7-16-13)21(18,19)17(8-4-6-14)9-10-20-2/h5,7,11H,3-4,8-10H2,1-2H3,(H,15,16). The molecular formula is C13H20N4O3S. The monoisotopic (exact) mass is 312 g/mol. The molecule has 0 saturated heterocycles. The van der Waals surface area contributed by atoms with Gasteiger partial charge in [0.15, 0.2) is 0 Å². The number of hydrogen-bond donors (Lipinski definition) is 1. The predicted molar refractivity (Wildman–Crippen MR) is 79.3 cm³/mol. The molecule has 1 rings (SSSR count). The second-order valence-corrected chi connectivity index (χ2v) is 6.15. The molecule has 0 amide bonds. The Morgan fingerprint density at radius 2 is 2.24 bits per heavy atom. The van der Waals surface area contributed by atoms with Crippen molar-refractivity contribution in [2.75, 3.05) is 38.7 Å². The molecule has 0 saturated carbocycles. The number of methoxy groups -OCH3 is 1. The summed E-state index contributed by atoms with van der Waals surface area (Å²) in [6.45, 7) is 3.18. The third-order valence-corrected chi connectivity index (χ3v) is 4.64. The van der Waals surface area contributed by atoms with Crippen molar-refractivity contribution in [1.82, 2.24) is 9.29 Å². The minimum atomic E-state index is -3.66. The van der Waals surface area contributed by atoms with E-state index in [1.807, 2.05) is 13.0 Å². The molecule has 0 aliphatic rings. The molecule has 0 radical (unpaired) electrons. The molecule has 0 aliphatic heterocycles. The molecule has 1 heterocycles. The molecule has 1 N–H and O–H groups in total. The zero-order chi connectivity index (χ0) is 15.7. The molecule has 0 spiro atoms. The molecule has 0 aromatic carbocycles. The van der Waals surface area contributed by atoms with Gasteiger partial charge in [0.25, 0.3) is 0 Å². The second-order valence-electron chi connectivity index (χ2n) is 4.21. The lowest BCUT2D eigenvalue weighted by atomic mass is 10.4. The smallest absolute Gasteiger partial charge is 0.243 e. The van der Waals surface area contributed by atoms with Gasteiger partial charge in [-0.25, -0.2) is 13.4 Å². The first-order valence-corrected chi connectivity index (χ1v) is 8.06. The maximum Gasteiger partial charge on any atom is 0.243 e. The van der Waals surface area contributed by atoms with E-state index in [-0.39, 0.29) is 31.0 Å². The van der Waals surface area contributed by atoms with Crippen LogP contribution in [0.25, 0.3) is 0 Å². The van der Waals surface area contributed by atoms with Crippen LogP contribution < -0.4 is 5.32 Å². The van der Waals surface area contributed by atoms with E-state index in [2.05, 4.69) is 10.3 Å². The Morgan fingerprint density at radius 1 is 1.48 bits per heavy atom. The second kappa shape index (κ2) is 8.56. The van der Waals surface area contributed by atoms with E-state index in [1.54, 1.807) is 0 Å². The Balaban J connectivity index is 3.03. The van der Waals surface area contributed by atoms with Crippen LogP contribution in [-0.4, -0.2) is 51.1 Å². The topological polar surface area (TPSA) is 95.3 Å². The molecule has 7 nitrogen and oxygen atoms in total. The number of rotatable bonds is 9. The summed E-state index contributed by atoms with van der Waals surface area (Å²) >= 11 is 0. The fourth-order valence-electron chi connectivity index (χ4n) is 1.72. The van der Waals surface area contributed by atoms with Gasteiger partial charge in [-0.1, -0.05) is 0 Å². The van der Waals surface area contributed by atoms with Gasteiger partial charge in [0.05, 0.1) is 17.6 Å². The molecule has 1 aromatic heterocycles. The zero-order valence-corrected chi connectivity index (χ0v) is 13.1. The molecule has 0 fully saturated rings. The van der Waals surface area contributed by atoms with Crippen LogP contribution in [0, 0.1) is 11.3 Å². The number of sulfonamides is 1. The number of hydrogen-bond acceptors (Lipinski definition) is 6. The summed E-state index contributed by atoms with van der Waals surface area (Å²) in [5.74, 6) is 0.505. The highest BCUT2D eigenvalue weighted by atomic mass is 32.2. The van der Waals surface area contributed by atoms with Gasteiger partial charge >= 0.3 is 0 Å². The summed E-state index contributed by atoms with van der Waals surface area (Å²) in [6, 6.07) is 4.90. The van der Waals surface area contributed by atoms with Gasteiger partial charge in [-0.3, -0.25) is 0 Å². The van der Waals surface area contributed by atoms with Crippen LogP contribution in [0.1, 0.15) is 13.3 Å². The number of nitrogens with zero attached hydrogens (tertiary/aromatic N) is 3. The van der Waals surface area contributed by atoms with Crippen LogP contribution in [0.15, 0.2) is 23.2 Å². The molecule has 0 bridgehead atoms. The number of nitriles is 1.